The third-order valence-corrected chi connectivity index (χ3v) is 7.89. The number of likely N-dealkylation sites (tertiary alicyclic amines) is 1. The highest BCUT2D eigenvalue weighted by Gasteiger charge is 2.42. The molecule has 1 amide bonds. The number of carbonyl (C=O) groups excluding carboxylic acids is 1. The molecule has 4 rings (SSSR count). The molecule has 1 unspecified atom stereocenters. The zero-order chi connectivity index (χ0) is 25.5. The summed E-state index contributed by atoms with van der Waals surface area (Å²) in [5.41, 5.74) is 2.69. The Morgan fingerprint density at radius 1 is 1.17 bits per heavy atom. The lowest BCUT2D eigenvalue weighted by molar-refractivity contribution is -0.177. The molecular weight excluding hydrogens is 506 g/mol. The minimum Gasteiger partial charge on any atom is -0.481 e. The number of hydrogen-bond donors (Lipinski definition) is 1. The fourth-order valence-electron chi connectivity index (χ4n) is 5.10. The third kappa shape index (κ3) is 5.45. The van der Waals surface area contributed by atoms with Gasteiger partial charge in [0.2, 0.25) is 0 Å². The number of benzene rings is 1. The topological polar surface area (TPSA) is 75.4 Å². The molecule has 190 valence electrons. The number of halogens is 5. The molecule has 1 aromatic carbocycles. The fourth-order valence-corrected chi connectivity index (χ4v) is 5.67. The maximum atomic E-state index is 13.3. The van der Waals surface area contributed by atoms with Crippen LogP contribution >= 0.6 is 23.2 Å². The van der Waals surface area contributed by atoms with Crippen molar-refractivity contribution in [2.24, 2.45) is 11.8 Å². The van der Waals surface area contributed by atoms with Crippen LogP contribution in [0.5, 0.6) is 0 Å². The van der Waals surface area contributed by atoms with E-state index in [2.05, 4.69) is 5.10 Å². The van der Waals surface area contributed by atoms with E-state index in [4.69, 9.17) is 28.3 Å². The first-order valence-corrected chi connectivity index (χ1v) is 12.3. The normalized spacial score (nSPS) is 19.0. The van der Waals surface area contributed by atoms with Crippen molar-refractivity contribution in [3.63, 3.8) is 0 Å². The predicted molar refractivity (Wildman–Crippen MR) is 125 cm³/mol. The van der Waals surface area contributed by atoms with Crippen molar-refractivity contribution in [2.75, 3.05) is 13.1 Å². The van der Waals surface area contributed by atoms with E-state index in [0.717, 1.165) is 5.69 Å². The van der Waals surface area contributed by atoms with Gasteiger partial charge < -0.3 is 10.0 Å². The van der Waals surface area contributed by atoms with E-state index < -0.39 is 18.1 Å². The van der Waals surface area contributed by atoms with Gasteiger partial charge in [-0.15, -0.1) is 0 Å². The first-order valence-electron chi connectivity index (χ1n) is 11.6. The molecule has 0 radical (unpaired) electrons. The van der Waals surface area contributed by atoms with E-state index in [9.17, 15) is 22.8 Å². The van der Waals surface area contributed by atoms with Gasteiger partial charge in [-0.1, -0.05) is 23.2 Å². The maximum absolute atomic E-state index is 13.3. The van der Waals surface area contributed by atoms with E-state index >= 15 is 0 Å². The Labute approximate surface area is 211 Å². The average molecular weight is 532 g/mol. The molecule has 0 saturated carbocycles. The van der Waals surface area contributed by atoms with Gasteiger partial charge in [-0.05, 0) is 62.6 Å². The lowest BCUT2D eigenvalue weighted by atomic mass is 9.86. The molecule has 1 atom stereocenters. The molecule has 0 spiro atoms. The number of aromatic nitrogens is 2. The van der Waals surface area contributed by atoms with Crippen LogP contribution in [-0.2, 0) is 24.2 Å². The number of aryl methyl sites for hydroxylation is 1. The molecule has 1 aromatic heterocycles. The van der Waals surface area contributed by atoms with Gasteiger partial charge in [0.25, 0.3) is 5.91 Å². The Balaban J connectivity index is 1.54. The molecule has 11 heteroatoms. The highest BCUT2D eigenvalue weighted by atomic mass is 35.5. The van der Waals surface area contributed by atoms with Crippen molar-refractivity contribution in [3.8, 4) is 0 Å². The van der Waals surface area contributed by atoms with Gasteiger partial charge in [0.15, 0.2) is 0 Å². The summed E-state index contributed by atoms with van der Waals surface area (Å²) >= 11 is 13.1. The highest BCUT2D eigenvalue weighted by Crippen LogP contribution is 2.39. The lowest BCUT2D eigenvalue weighted by Crippen LogP contribution is -2.39. The maximum Gasteiger partial charge on any atom is 0.392 e. The number of carbonyl (C=O) groups is 2. The van der Waals surface area contributed by atoms with Gasteiger partial charge in [-0.3, -0.25) is 14.3 Å². The Morgan fingerprint density at radius 3 is 2.49 bits per heavy atom. The third-order valence-electron chi connectivity index (χ3n) is 7.10. The molecule has 2 heterocycles. The number of hydrogen-bond acceptors (Lipinski definition) is 3. The number of nitrogens with zero attached hydrogens (tertiary/aromatic N) is 3. The number of fused-ring (bicyclic) bond motifs is 1. The number of alkyl halides is 3. The molecule has 1 saturated heterocycles. The zero-order valence-electron chi connectivity index (χ0n) is 19.2. The molecule has 0 bridgehead atoms. The molecule has 1 fully saturated rings. The SMILES string of the molecule is Cc1nn(Cc2c(Cl)ccc(C(=O)N3CCC(CC(=O)O)CC3)c2Cl)c2c1CC(C(F)(F)F)CC2. The van der Waals surface area contributed by atoms with E-state index in [1.165, 1.54) is 0 Å². The van der Waals surface area contributed by atoms with Crippen molar-refractivity contribution < 1.29 is 27.9 Å². The smallest absolute Gasteiger partial charge is 0.392 e. The average Bonchev–Trinajstić information content (AvgIpc) is 3.10. The van der Waals surface area contributed by atoms with Crippen molar-refractivity contribution in [1.82, 2.24) is 14.7 Å². The summed E-state index contributed by atoms with van der Waals surface area (Å²) in [5.74, 6) is -2.43. The second-order valence-corrected chi connectivity index (χ2v) is 10.2. The second-order valence-electron chi connectivity index (χ2n) is 9.37. The largest absolute Gasteiger partial charge is 0.481 e. The van der Waals surface area contributed by atoms with Crippen LogP contribution in [0.25, 0.3) is 0 Å². The Bertz CT molecular complexity index is 1140. The molecule has 1 aliphatic heterocycles. The Kier molecular flexibility index (Phi) is 7.38. The number of rotatable bonds is 5. The minimum atomic E-state index is -4.24. The molecular formula is C24H26Cl2F3N3O3. The minimum absolute atomic E-state index is 0.000540. The van der Waals surface area contributed by atoms with E-state index in [0.29, 0.717) is 47.8 Å². The summed E-state index contributed by atoms with van der Waals surface area (Å²) in [7, 11) is 0. The summed E-state index contributed by atoms with van der Waals surface area (Å²) in [6.07, 6.45) is -2.79. The number of carboxylic acids is 1. The van der Waals surface area contributed by atoms with E-state index in [1.54, 1.807) is 28.6 Å². The van der Waals surface area contributed by atoms with Gasteiger partial charge >= 0.3 is 12.1 Å². The first kappa shape index (κ1) is 25.8. The molecule has 1 N–H and O–H groups in total. The summed E-state index contributed by atoms with van der Waals surface area (Å²) in [6.45, 7) is 2.73. The predicted octanol–water partition coefficient (Wildman–Crippen LogP) is 5.54. The highest BCUT2D eigenvalue weighted by molar-refractivity contribution is 6.38. The monoisotopic (exact) mass is 531 g/mol. The van der Waals surface area contributed by atoms with Crippen LogP contribution in [0.15, 0.2) is 12.1 Å². The van der Waals surface area contributed by atoms with Gasteiger partial charge in [0.1, 0.15) is 0 Å². The van der Waals surface area contributed by atoms with Crippen molar-refractivity contribution in [2.45, 2.75) is 58.2 Å². The number of piperidine rings is 1. The second kappa shape index (κ2) is 10.0. The van der Waals surface area contributed by atoms with Gasteiger partial charge in [-0.25, -0.2) is 0 Å². The van der Waals surface area contributed by atoms with Crippen LogP contribution in [0.3, 0.4) is 0 Å². The van der Waals surface area contributed by atoms with Crippen LogP contribution in [0.4, 0.5) is 13.2 Å². The van der Waals surface area contributed by atoms with Crippen LogP contribution in [0, 0.1) is 18.8 Å². The van der Waals surface area contributed by atoms with Gasteiger partial charge in [-0.2, -0.15) is 18.3 Å². The zero-order valence-corrected chi connectivity index (χ0v) is 20.7. The molecule has 6 nitrogen and oxygen atoms in total. The summed E-state index contributed by atoms with van der Waals surface area (Å²) in [5, 5.41) is 14.0. The molecule has 2 aliphatic rings. The Hall–Kier alpha value is -2.26. The summed E-state index contributed by atoms with van der Waals surface area (Å²) in [6, 6.07) is 3.16. The van der Waals surface area contributed by atoms with Crippen LogP contribution in [0.1, 0.15) is 58.6 Å². The summed E-state index contributed by atoms with van der Waals surface area (Å²) < 4.78 is 41.4. The van der Waals surface area contributed by atoms with Crippen molar-refractivity contribution in [3.05, 3.63) is 50.3 Å². The quantitative estimate of drug-likeness (QED) is 0.549. The first-order chi connectivity index (χ1) is 16.5. The van der Waals surface area contributed by atoms with Gasteiger partial charge in [0.05, 0.1) is 28.7 Å². The van der Waals surface area contributed by atoms with Crippen molar-refractivity contribution >= 4 is 35.1 Å². The van der Waals surface area contributed by atoms with Crippen LogP contribution < -0.4 is 0 Å². The summed E-state index contributed by atoms with van der Waals surface area (Å²) in [4.78, 5) is 25.8. The molecule has 2 aromatic rings. The van der Waals surface area contributed by atoms with Gasteiger partial charge in [0, 0.05) is 35.8 Å². The standard InChI is InChI=1S/C24H26Cl2F3N3O3/c1-13-17-11-15(24(27,28)29)2-5-20(17)32(30-13)12-18-19(25)4-3-16(22(18)26)23(35)31-8-6-14(7-9-31)10-21(33)34/h3-4,14-15H,2,5-12H2,1H3,(H,33,34). The van der Waals surface area contributed by atoms with Crippen LogP contribution in [-0.4, -0.2) is 50.9 Å². The number of amides is 1. The van der Waals surface area contributed by atoms with E-state index in [-0.39, 0.29) is 54.6 Å². The van der Waals surface area contributed by atoms with Crippen molar-refractivity contribution in [1.29, 1.82) is 0 Å². The molecule has 1 aliphatic carbocycles. The molecule has 35 heavy (non-hydrogen) atoms. The number of carboxylic acid groups (broad SMARTS) is 1. The lowest BCUT2D eigenvalue weighted by Gasteiger charge is -2.31. The number of aliphatic carboxylic acids is 1. The van der Waals surface area contributed by atoms with Crippen LogP contribution in [0.2, 0.25) is 10.0 Å². The van der Waals surface area contributed by atoms with E-state index in [1.807, 2.05) is 0 Å². The Morgan fingerprint density at radius 2 is 1.86 bits per heavy atom. The fraction of sp³-hybridized carbons (Fsp3) is 0.542.